The summed E-state index contributed by atoms with van der Waals surface area (Å²) in [4.78, 5) is 2.32. The highest BCUT2D eigenvalue weighted by Gasteiger charge is 2.08. The minimum Gasteiger partial charge on any atom is -0.493 e. The molecule has 0 aromatic heterocycles. The fraction of sp³-hybridized carbons (Fsp3) is 0.429. The quantitative estimate of drug-likeness (QED) is 0.567. The Labute approximate surface area is 173 Å². The molecule has 0 saturated carbocycles. The van der Waals surface area contributed by atoms with Crippen LogP contribution in [0.3, 0.4) is 0 Å². The average Bonchev–Trinajstić information content (AvgIpc) is 2.70. The van der Waals surface area contributed by atoms with Crippen molar-refractivity contribution >= 4 is 15.7 Å². The van der Waals surface area contributed by atoms with Crippen LogP contribution in [0.25, 0.3) is 0 Å². The third kappa shape index (κ3) is 7.83. The molecule has 29 heavy (non-hydrogen) atoms. The molecule has 0 aliphatic carbocycles. The van der Waals surface area contributed by atoms with E-state index >= 15 is 0 Å². The molecule has 0 saturated heterocycles. The Bertz CT molecular complexity index is 869. The highest BCUT2D eigenvalue weighted by atomic mass is 32.2. The summed E-state index contributed by atoms with van der Waals surface area (Å²) in [6, 6.07) is 12.9. The predicted molar refractivity (Wildman–Crippen MR) is 116 cm³/mol. The molecule has 0 atom stereocenters. The molecular weight excluding hydrogens is 392 g/mol. The van der Waals surface area contributed by atoms with E-state index in [4.69, 9.17) is 14.2 Å². The Hall–Kier alpha value is -2.45. The van der Waals surface area contributed by atoms with Crippen LogP contribution in [0.1, 0.15) is 12.5 Å². The van der Waals surface area contributed by atoms with Gasteiger partial charge in [-0.15, -0.1) is 0 Å². The summed E-state index contributed by atoms with van der Waals surface area (Å²) in [6.07, 6.45) is 2.03. The lowest BCUT2D eigenvalue weighted by Gasteiger charge is -2.21. The summed E-state index contributed by atoms with van der Waals surface area (Å²) in [5.74, 6) is 2.18. The Kier molecular flexibility index (Phi) is 8.60. The summed E-state index contributed by atoms with van der Waals surface area (Å²) < 4.78 is 41.3. The van der Waals surface area contributed by atoms with Crippen molar-refractivity contribution < 1.29 is 22.6 Å². The fourth-order valence-electron chi connectivity index (χ4n) is 2.88. The van der Waals surface area contributed by atoms with Crippen molar-refractivity contribution in [3.05, 3.63) is 48.0 Å². The molecular formula is C21H30N2O5S. The maximum Gasteiger partial charge on any atom is 0.229 e. The number of ether oxygens (including phenoxy) is 3. The van der Waals surface area contributed by atoms with Gasteiger partial charge in [-0.1, -0.05) is 13.0 Å². The first-order chi connectivity index (χ1) is 13.8. The van der Waals surface area contributed by atoms with E-state index in [2.05, 4.69) is 22.6 Å². The van der Waals surface area contributed by atoms with Gasteiger partial charge in [-0.05, 0) is 54.9 Å². The van der Waals surface area contributed by atoms with Crippen molar-refractivity contribution in [2.75, 3.05) is 51.4 Å². The highest BCUT2D eigenvalue weighted by molar-refractivity contribution is 7.92. The van der Waals surface area contributed by atoms with Crippen LogP contribution in [0.4, 0.5) is 5.69 Å². The molecule has 7 nitrogen and oxygen atoms in total. The van der Waals surface area contributed by atoms with Crippen LogP contribution in [0, 0.1) is 0 Å². The maximum atomic E-state index is 11.2. The van der Waals surface area contributed by atoms with Gasteiger partial charge in [0, 0.05) is 18.8 Å². The van der Waals surface area contributed by atoms with Crippen molar-refractivity contribution in [1.82, 2.24) is 4.90 Å². The van der Waals surface area contributed by atoms with Gasteiger partial charge in [0.05, 0.1) is 20.5 Å². The molecule has 160 valence electrons. The van der Waals surface area contributed by atoms with Gasteiger partial charge in [-0.25, -0.2) is 8.42 Å². The number of benzene rings is 2. The van der Waals surface area contributed by atoms with Crippen molar-refractivity contribution in [2.45, 2.75) is 13.3 Å². The molecule has 0 bridgehead atoms. The first kappa shape index (κ1) is 22.8. The summed E-state index contributed by atoms with van der Waals surface area (Å²) in [5.41, 5.74) is 1.71. The SMILES string of the molecule is CCN(CCOc1ccc(NS(C)(=O)=O)cc1)CCc1ccc(OC)c(OC)c1. The van der Waals surface area contributed by atoms with E-state index in [-0.39, 0.29) is 0 Å². The topological polar surface area (TPSA) is 77.1 Å². The van der Waals surface area contributed by atoms with E-state index in [1.807, 2.05) is 12.1 Å². The van der Waals surface area contributed by atoms with Gasteiger partial charge in [0.25, 0.3) is 0 Å². The zero-order chi connectivity index (χ0) is 21.3. The van der Waals surface area contributed by atoms with Gasteiger partial charge >= 0.3 is 0 Å². The second kappa shape index (κ2) is 10.9. The molecule has 1 N–H and O–H groups in total. The number of rotatable bonds is 12. The molecule has 0 aliphatic heterocycles. The number of nitrogens with one attached hydrogen (secondary N) is 1. The maximum absolute atomic E-state index is 11.2. The second-order valence-electron chi connectivity index (χ2n) is 6.62. The van der Waals surface area contributed by atoms with E-state index in [9.17, 15) is 8.42 Å². The summed E-state index contributed by atoms with van der Waals surface area (Å²) >= 11 is 0. The Morgan fingerprint density at radius 2 is 1.66 bits per heavy atom. The molecule has 2 aromatic rings. The first-order valence-electron chi connectivity index (χ1n) is 9.48. The minimum atomic E-state index is -3.27. The van der Waals surface area contributed by atoms with Crippen molar-refractivity contribution in [3.8, 4) is 17.2 Å². The number of likely N-dealkylation sites (N-methyl/N-ethyl adjacent to an activating group) is 1. The highest BCUT2D eigenvalue weighted by Crippen LogP contribution is 2.27. The summed E-state index contributed by atoms with van der Waals surface area (Å²) in [7, 11) is -0.000673. The molecule has 0 amide bonds. The van der Waals surface area contributed by atoms with Gasteiger partial charge < -0.3 is 14.2 Å². The smallest absolute Gasteiger partial charge is 0.229 e. The lowest BCUT2D eigenvalue weighted by Crippen LogP contribution is -2.30. The molecule has 0 radical (unpaired) electrons. The number of nitrogens with zero attached hydrogens (tertiary/aromatic N) is 1. The molecule has 8 heteroatoms. The van der Waals surface area contributed by atoms with Gasteiger partial charge in [-0.3, -0.25) is 9.62 Å². The largest absolute Gasteiger partial charge is 0.493 e. The van der Waals surface area contributed by atoms with Gasteiger partial charge in [0.2, 0.25) is 10.0 Å². The summed E-state index contributed by atoms with van der Waals surface area (Å²) in [6.45, 7) is 5.31. The Balaban J connectivity index is 1.80. The van der Waals surface area contributed by atoms with Crippen LogP contribution in [0.15, 0.2) is 42.5 Å². The molecule has 0 unspecified atom stereocenters. The fourth-order valence-corrected chi connectivity index (χ4v) is 3.44. The predicted octanol–water partition coefficient (Wildman–Crippen LogP) is 3.02. The lowest BCUT2D eigenvalue weighted by molar-refractivity contribution is 0.217. The molecule has 2 rings (SSSR count). The zero-order valence-corrected chi connectivity index (χ0v) is 18.3. The van der Waals surface area contributed by atoms with E-state index in [1.54, 1.807) is 38.5 Å². The number of anilines is 1. The van der Waals surface area contributed by atoms with Gasteiger partial charge in [0.1, 0.15) is 12.4 Å². The van der Waals surface area contributed by atoms with Crippen LogP contribution in [0.2, 0.25) is 0 Å². The Morgan fingerprint density at radius 1 is 0.966 bits per heavy atom. The van der Waals surface area contributed by atoms with Crippen LogP contribution in [-0.2, 0) is 16.4 Å². The number of hydrogen-bond acceptors (Lipinski definition) is 6. The van der Waals surface area contributed by atoms with Crippen LogP contribution < -0.4 is 18.9 Å². The van der Waals surface area contributed by atoms with E-state index in [0.29, 0.717) is 18.0 Å². The lowest BCUT2D eigenvalue weighted by atomic mass is 10.1. The molecule has 0 aliphatic rings. The molecule has 0 spiro atoms. The van der Waals surface area contributed by atoms with E-state index in [1.165, 1.54) is 5.56 Å². The van der Waals surface area contributed by atoms with Crippen molar-refractivity contribution in [3.63, 3.8) is 0 Å². The van der Waals surface area contributed by atoms with Gasteiger partial charge in [0.15, 0.2) is 11.5 Å². The number of hydrogen-bond donors (Lipinski definition) is 1. The van der Waals surface area contributed by atoms with Crippen LogP contribution in [0.5, 0.6) is 17.2 Å². The standard InChI is InChI=1S/C21H30N2O5S/c1-5-23(13-12-17-6-11-20(26-2)21(16-17)27-3)14-15-28-19-9-7-18(8-10-19)22-29(4,24)25/h6-11,16,22H,5,12-15H2,1-4H3. The van der Waals surface area contributed by atoms with Crippen molar-refractivity contribution in [1.29, 1.82) is 0 Å². The average molecular weight is 423 g/mol. The number of sulfonamides is 1. The first-order valence-corrected chi connectivity index (χ1v) is 11.4. The molecule has 0 fully saturated rings. The molecule has 0 heterocycles. The minimum absolute atomic E-state index is 0.518. The third-order valence-electron chi connectivity index (χ3n) is 4.45. The second-order valence-corrected chi connectivity index (χ2v) is 8.37. The molecule has 2 aromatic carbocycles. The normalized spacial score (nSPS) is 11.3. The number of methoxy groups -OCH3 is 2. The van der Waals surface area contributed by atoms with Crippen LogP contribution >= 0.6 is 0 Å². The van der Waals surface area contributed by atoms with Crippen molar-refractivity contribution in [2.24, 2.45) is 0 Å². The van der Waals surface area contributed by atoms with Crippen LogP contribution in [-0.4, -0.2) is 60.0 Å². The Morgan fingerprint density at radius 3 is 2.24 bits per heavy atom. The monoisotopic (exact) mass is 422 g/mol. The zero-order valence-electron chi connectivity index (χ0n) is 17.5. The van der Waals surface area contributed by atoms with E-state index < -0.39 is 10.0 Å². The van der Waals surface area contributed by atoms with E-state index in [0.717, 1.165) is 43.8 Å². The van der Waals surface area contributed by atoms with Gasteiger partial charge in [-0.2, -0.15) is 0 Å². The summed E-state index contributed by atoms with van der Waals surface area (Å²) in [5, 5.41) is 0. The third-order valence-corrected chi connectivity index (χ3v) is 5.05.